The number of carbonyl (C=O) groups excluding carboxylic acids is 2. The van der Waals surface area contributed by atoms with Crippen molar-refractivity contribution in [1.82, 2.24) is 0 Å². The maximum absolute atomic E-state index is 12.8. The predicted molar refractivity (Wildman–Crippen MR) is 239 cm³/mol. The average Bonchev–Trinajstić information content (AvgIpc) is 3.24. The number of hydrogen-bond acceptors (Lipinski definition) is 12. The number of esters is 2. The van der Waals surface area contributed by atoms with Crippen LogP contribution < -0.4 is 0 Å². The minimum absolute atomic E-state index is 0.0357. The highest BCUT2D eigenvalue weighted by Gasteiger charge is 2.51. The van der Waals surface area contributed by atoms with Crippen molar-refractivity contribution in [1.29, 1.82) is 0 Å². The van der Waals surface area contributed by atoms with Gasteiger partial charge in [0.2, 0.25) is 0 Å². The van der Waals surface area contributed by atoms with E-state index in [2.05, 4.69) is 80.7 Å². The van der Waals surface area contributed by atoms with Crippen LogP contribution in [0.5, 0.6) is 0 Å². The summed E-state index contributed by atoms with van der Waals surface area (Å²) in [6.07, 6.45) is 33.7. The molecular formula is C47H77O13P. The van der Waals surface area contributed by atoms with Gasteiger partial charge in [-0.3, -0.25) is 18.6 Å². The van der Waals surface area contributed by atoms with Crippen molar-refractivity contribution >= 4 is 19.8 Å². The monoisotopic (exact) mass is 881 g/mol. The molecule has 1 aliphatic rings. The second-order valence-corrected chi connectivity index (χ2v) is 16.6. The Balaban J connectivity index is 2.53. The molecule has 0 spiro atoms. The van der Waals surface area contributed by atoms with Gasteiger partial charge in [-0.1, -0.05) is 137 Å². The first-order valence-electron chi connectivity index (χ1n) is 22.4. The lowest BCUT2D eigenvalue weighted by molar-refractivity contribution is -0.220. The van der Waals surface area contributed by atoms with Gasteiger partial charge in [0.1, 0.15) is 43.2 Å². The van der Waals surface area contributed by atoms with Crippen molar-refractivity contribution in [3.8, 4) is 0 Å². The summed E-state index contributed by atoms with van der Waals surface area (Å²) < 4.78 is 33.4. The highest BCUT2D eigenvalue weighted by Crippen LogP contribution is 2.47. The Bertz CT molecular complexity index is 1390. The van der Waals surface area contributed by atoms with E-state index in [9.17, 15) is 44.6 Å². The first-order chi connectivity index (χ1) is 29.4. The highest BCUT2D eigenvalue weighted by atomic mass is 31.2. The summed E-state index contributed by atoms with van der Waals surface area (Å²) in [7, 11) is -5.14. The van der Waals surface area contributed by atoms with Gasteiger partial charge < -0.3 is 39.9 Å². The zero-order valence-corrected chi connectivity index (χ0v) is 37.6. The molecule has 6 unspecified atom stereocenters. The van der Waals surface area contributed by atoms with Crippen molar-refractivity contribution in [2.24, 2.45) is 0 Å². The molecule has 0 aromatic heterocycles. The number of phosphoric acid groups is 1. The third kappa shape index (κ3) is 29.1. The largest absolute Gasteiger partial charge is 0.472 e. The Labute approximate surface area is 365 Å². The molecule has 1 saturated carbocycles. The number of aliphatic hydroxyl groups is 5. The molecular weight excluding hydrogens is 803 g/mol. The lowest BCUT2D eigenvalue weighted by Crippen LogP contribution is -2.64. The fraction of sp³-hybridized carbons (Fsp3) is 0.660. The van der Waals surface area contributed by atoms with Crippen LogP contribution in [0.25, 0.3) is 0 Å². The Morgan fingerprint density at radius 3 is 1.49 bits per heavy atom. The van der Waals surface area contributed by atoms with Gasteiger partial charge >= 0.3 is 19.8 Å². The molecule has 0 saturated heterocycles. The van der Waals surface area contributed by atoms with Crippen molar-refractivity contribution in [2.45, 2.75) is 185 Å². The standard InChI is InChI=1S/C47H77O13P/c1-3-5-7-9-11-13-15-17-18-19-20-21-22-24-25-27-29-31-33-35-40(48)57-37-39(38-58-61(55,56)60-47-45(53)43(51)42(50)44(52)46(47)54)59-41(49)36-34-32-30-28-26-23-16-14-12-10-8-6-4-2/h5,7,11,13-14,16-18,20-21,24-25,29,31,39,42-47,50-54H,3-4,6,8-10,12,15,19,22-23,26-28,30,32-38H2,1-2H3,(H,55,56)/b7-5+,13-11+,16-14+,18-17+,21-20+,25-24+,31-29+/t39-,42?,43-,44?,45?,46?,47?/m0/s1. The van der Waals surface area contributed by atoms with E-state index in [1.807, 2.05) is 18.2 Å². The molecule has 0 aliphatic heterocycles. The first kappa shape index (κ1) is 56.0. The van der Waals surface area contributed by atoms with Gasteiger partial charge in [-0.25, -0.2) is 4.57 Å². The van der Waals surface area contributed by atoms with E-state index in [1.165, 1.54) is 25.7 Å². The predicted octanol–water partition coefficient (Wildman–Crippen LogP) is 8.50. The molecule has 8 atom stereocenters. The molecule has 0 heterocycles. The molecule has 0 aromatic rings. The molecule has 1 aliphatic carbocycles. The molecule has 1 rings (SSSR count). The molecule has 348 valence electrons. The third-order valence-electron chi connectivity index (χ3n) is 9.73. The molecule has 0 bridgehead atoms. The Kier molecular flexibility index (Phi) is 33.5. The topological polar surface area (TPSA) is 210 Å². The van der Waals surface area contributed by atoms with E-state index in [-0.39, 0.29) is 12.8 Å². The van der Waals surface area contributed by atoms with Crippen molar-refractivity contribution < 1.29 is 63.1 Å². The summed E-state index contributed by atoms with van der Waals surface area (Å²) in [6.45, 7) is 3.07. The van der Waals surface area contributed by atoms with Crippen LogP contribution >= 0.6 is 7.82 Å². The Hall–Kier alpha value is -2.97. The van der Waals surface area contributed by atoms with E-state index in [4.69, 9.17) is 18.5 Å². The maximum atomic E-state index is 12.8. The van der Waals surface area contributed by atoms with Crippen LogP contribution in [0.2, 0.25) is 0 Å². The minimum atomic E-state index is -5.14. The molecule has 6 N–H and O–H groups in total. The average molecular weight is 881 g/mol. The van der Waals surface area contributed by atoms with Crippen LogP contribution in [-0.4, -0.2) is 98.3 Å². The second kappa shape index (κ2) is 36.5. The van der Waals surface area contributed by atoms with Gasteiger partial charge in [0, 0.05) is 12.8 Å². The van der Waals surface area contributed by atoms with Gasteiger partial charge in [-0.2, -0.15) is 0 Å². The van der Waals surface area contributed by atoms with Crippen molar-refractivity contribution in [2.75, 3.05) is 13.2 Å². The second-order valence-electron chi connectivity index (χ2n) is 15.2. The fourth-order valence-electron chi connectivity index (χ4n) is 6.13. The zero-order valence-electron chi connectivity index (χ0n) is 36.7. The number of phosphoric ester groups is 1. The normalized spacial score (nSPS) is 22.8. The summed E-state index contributed by atoms with van der Waals surface area (Å²) in [5, 5.41) is 50.1. The molecule has 13 nitrogen and oxygen atoms in total. The van der Waals surface area contributed by atoms with Gasteiger partial charge in [-0.05, 0) is 77.0 Å². The minimum Gasteiger partial charge on any atom is -0.462 e. The lowest BCUT2D eigenvalue weighted by Gasteiger charge is -2.41. The number of carbonyl (C=O) groups is 2. The van der Waals surface area contributed by atoms with Crippen LogP contribution in [0.15, 0.2) is 85.1 Å². The highest BCUT2D eigenvalue weighted by molar-refractivity contribution is 7.47. The Morgan fingerprint density at radius 1 is 0.525 bits per heavy atom. The Morgan fingerprint density at radius 2 is 0.967 bits per heavy atom. The van der Waals surface area contributed by atoms with Crippen LogP contribution in [0.1, 0.15) is 142 Å². The van der Waals surface area contributed by atoms with Crippen LogP contribution in [0.4, 0.5) is 0 Å². The number of unbranched alkanes of at least 4 members (excludes halogenated alkanes) is 9. The first-order valence-corrected chi connectivity index (χ1v) is 23.9. The van der Waals surface area contributed by atoms with E-state index in [1.54, 1.807) is 0 Å². The number of ether oxygens (including phenoxy) is 2. The van der Waals surface area contributed by atoms with E-state index in [0.29, 0.717) is 19.3 Å². The summed E-state index contributed by atoms with van der Waals surface area (Å²) in [5.74, 6) is -1.22. The fourth-order valence-corrected chi connectivity index (χ4v) is 7.10. The molecule has 14 heteroatoms. The van der Waals surface area contributed by atoms with Crippen molar-refractivity contribution in [3.63, 3.8) is 0 Å². The molecule has 0 amide bonds. The number of hydrogen-bond donors (Lipinski definition) is 6. The maximum Gasteiger partial charge on any atom is 0.472 e. The number of aliphatic hydroxyl groups excluding tert-OH is 5. The van der Waals surface area contributed by atoms with Crippen LogP contribution in [0, 0.1) is 0 Å². The number of allylic oxidation sites excluding steroid dienone is 14. The van der Waals surface area contributed by atoms with Crippen LogP contribution in [0.3, 0.4) is 0 Å². The van der Waals surface area contributed by atoms with E-state index >= 15 is 0 Å². The number of rotatable bonds is 35. The molecule has 61 heavy (non-hydrogen) atoms. The van der Waals surface area contributed by atoms with E-state index in [0.717, 1.165) is 70.6 Å². The van der Waals surface area contributed by atoms with Crippen LogP contribution in [-0.2, 0) is 32.7 Å². The lowest BCUT2D eigenvalue weighted by atomic mass is 9.85. The quantitative estimate of drug-likeness (QED) is 0.0153. The van der Waals surface area contributed by atoms with Gasteiger partial charge in [-0.15, -0.1) is 0 Å². The molecule has 0 aromatic carbocycles. The summed E-state index contributed by atoms with van der Waals surface area (Å²) in [4.78, 5) is 35.6. The summed E-state index contributed by atoms with van der Waals surface area (Å²) in [5.41, 5.74) is 0. The molecule has 1 fully saturated rings. The zero-order chi connectivity index (χ0) is 45.0. The molecule has 0 radical (unpaired) electrons. The van der Waals surface area contributed by atoms with Crippen molar-refractivity contribution in [3.05, 3.63) is 85.1 Å². The SMILES string of the molecule is CC/C=C/C/C=C/C/C=C/C/C=C/C/C=C/C/C=C/CCC(=O)OC[C@@H](COP(=O)(O)OC1C(O)C(O)C(O)[C@H](O)C1O)OC(=O)CCCCCCC/C=C/CCCCCC. The summed E-state index contributed by atoms with van der Waals surface area (Å²) >= 11 is 0. The third-order valence-corrected chi connectivity index (χ3v) is 10.7. The van der Waals surface area contributed by atoms with Gasteiger partial charge in [0.25, 0.3) is 0 Å². The smallest absolute Gasteiger partial charge is 0.462 e. The van der Waals surface area contributed by atoms with E-state index < -0.39 is 75.7 Å². The van der Waals surface area contributed by atoms with Gasteiger partial charge in [0.05, 0.1) is 6.61 Å². The summed E-state index contributed by atoms with van der Waals surface area (Å²) in [6, 6.07) is 0. The van der Waals surface area contributed by atoms with Gasteiger partial charge in [0.15, 0.2) is 6.10 Å².